The van der Waals surface area contributed by atoms with E-state index in [9.17, 15) is 9.59 Å². The van der Waals surface area contributed by atoms with Crippen molar-refractivity contribution in [3.8, 4) is 0 Å². The van der Waals surface area contributed by atoms with Gasteiger partial charge in [-0.15, -0.1) is 0 Å². The van der Waals surface area contributed by atoms with Crippen LogP contribution in [0.25, 0.3) is 0 Å². The van der Waals surface area contributed by atoms with Gasteiger partial charge in [0.15, 0.2) is 0 Å². The molecule has 4 rings (SSSR count). The van der Waals surface area contributed by atoms with Crippen molar-refractivity contribution in [1.82, 2.24) is 25.1 Å². The van der Waals surface area contributed by atoms with Gasteiger partial charge in [-0.1, -0.05) is 44.2 Å². The van der Waals surface area contributed by atoms with E-state index in [0.29, 0.717) is 25.9 Å². The largest absolute Gasteiger partial charge is 0.350 e. The molecule has 0 unspecified atom stereocenters. The Morgan fingerprint density at radius 3 is 2.46 bits per heavy atom. The predicted octanol–water partition coefficient (Wildman–Crippen LogP) is 3.76. The standard InChI is InChI=1S/C28H39N5O2/c1-26(2,25(35)30-19-23-10-16-29-21-31-23)15-17-33-20-27(18-24(33)34)11-13-28(14-12-27,32(3)4)22-8-6-5-7-9-22/h5-10,16,21H,11-15,17-20H2,1-4H3,(H,30,35)/t27-,28+. The second-order valence-electron chi connectivity index (χ2n) is 11.3. The Morgan fingerprint density at radius 2 is 1.83 bits per heavy atom. The third kappa shape index (κ3) is 5.40. The van der Waals surface area contributed by atoms with E-state index < -0.39 is 5.41 Å². The van der Waals surface area contributed by atoms with Gasteiger partial charge in [0.1, 0.15) is 6.33 Å². The number of hydrogen-bond acceptors (Lipinski definition) is 5. The van der Waals surface area contributed by atoms with Gasteiger partial charge in [-0.05, 0) is 63.2 Å². The molecule has 0 bridgehead atoms. The Bertz CT molecular complexity index is 1010. The second kappa shape index (κ2) is 10.1. The van der Waals surface area contributed by atoms with Gasteiger partial charge in [0.05, 0.1) is 12.2 Å². The minimum absolute atomic E-state index is 0.0197. The maximum Gasteiger partial charge on any atom is 0.226 e. The van der Waals surface area contributed by atoms with E-state index in [1.165, 1.54) is 11.9 Å². The fourth-order valence-corrected chi connectivity index (χ4v) is 5.82. The van der Waals surface area contributed by atoms with Crippen molar-refractivity contribution in [2.45, 2.75) is 64.5 Å². The Labute approximate surface area is 209 Å². The highest BCUT2D eigenvalue weighted by Gasteiger charge is 2.50. The number of likely N-dealkylation sites (tertiary alicyclic amines) is 1. The topological polar surface area (TPSA) is 78.4 Å². The van der Waals surface area contributed by atoms with E-state index in [1.807, 2.05) is 18.7 Å². The molecular weight excluding hydrogens is 438 g/mol. The van der Waals surface area contributed by atoms with E-state index in [2.05, 4.69) is 64.6 Å². The number of carbonyl (C=O) groups is 2. The molecule has 1 saturated carbocycles. The molecule has 35 heavy (non-hydrogen) atoms. The van der Waals surface area contributed by atoms with Crippen molar-refractivity contribution in [1.29, 1.82) is 0 Å². The first-order valence-electron chi connectivity index (χ1n) is 12.7. The van der Waals surface area contributed by atoms with Crippen LogP contribution in [0.3, 0.4) is 0 Å². The highest BCUT2D eigenvalue weighted by atomic mass is 16.2. The van der Waals surface area contributed by atoms with E-state index in [-0.39, 0.29) is 22.8 Å². The van der Waals surface area contributed by atoms with Crippen LogP contribution in [0.4, 0.5) is 0 Å². The van der Waals surface area contributed by atoms with Crippen LogP contribution >= 0.6 is 0 Å². The van der Waals surface area contributed by atoms with Crippen molar-refractivity contribution in [2.75, 3.05) is 27.2 Å². The molecule has 1 spiro atoms. The first-order chi connectivity index (χ1) is 16.7. The monoisotopic (exact) mass is 477 g/mol. The van der Waals surface area contributed by atoms with Crippen LogP contribution in [0.5, 0.6) is 0 Å². The molecule has 1 aromatic carbocycles. The normalized spacial score (nSPS) is 24.8. The number of carbonyl (C=O) groups excluding carboxylic acids is 2. The minimum Gasteiger partial charge on any atom is -0.350 e. The van der Waals surface area contributed by atoms with Crippen molar-refractivity contribution in [3.63, 3.8) is 0 Å². The third-order valence-corrected chi connectivity index (χ3v) is 8.40. The summed E-state index contributed by atoms with van der Waals surface area (Å²) >= 11 is 0. The highest BCUT2D eigenvalue weighted by Crippen LogP contribution is 2.52. The molecule has 2 fully saturated rings. The van der Waals surface area contributed by atoms with Crippen LogP contribution in [0, 0.1) is 10.8 Å². The number of aromatic nitrogens is 2. The lowest BCUT2D eigenvalue weighted by Gasteiger charge is -2.49. The molecule has 1 aliphatic heterocycles. The predicted molar refractivity (Wildman–Crippen MR) is 136 cm³/mol. The van der Waals surface area contributed by atoms with Crippen molar-refractivity contribution in [2.24, 2.45) is 10.8 Å². The van der Waals surface area contributed by atoms with Gasteiger partial charge in [-0.3, -0.25) is 14.5 Å². The van der Waals surface area contributed by atoms with Crippen molar-refractivity contribution < 1.29 is 9.59 Å². The Morgan fingerprint density at radius 1 is 1.11 bits per heavy atom. The number of rotatable bonds is 8. The van der Waals surface area contributed by atoms with E-state index >= 15 is 0 Å². The number of nitrogens with zero attached hydrogens (tertiary/aromatic N) is 4. The molecule has 2 heterocycles. The van der Waals surface area contributed by atoms with Crippen molar-refractivity contribution in [3.05, 3.63) is 60.2 Å². The lowest BCUT2D eigenvalue weighted by Crippen LogP contribution is -2.47. The zero-order valence-corrected chi connectivity index (χ0v) is 21.6. The van der Waals surface area contributed by atoms with E-state index in [4.69, 9.17) is 0 Å². The first kappa shape index (κ1) is 25.3. The van der Waals surface area contributed by atoms with Crippen LogP contribution in [-0.2, 0) is 21.7 Å². The van der Waals surface area contributed by atoms with Gasteiger partial charge < -0.3 is 10.2 Å². The molecule has 2 amide bonds. The van der Waals surface area contributed by atoms with Crippen LogP contribution < -0.4 is 5.32 Å². The third-order valence-electron chi connectivity index (χ3n) is 8.40. The quantitative estimate of drug-likeness (QED) is 0.626. The minimum atomic E-state index is -0.566. The molecular formula is C28H39N5O2. The molecule has 7 nitrogen and oxygen atoms in total. The maximum atomic E-state index is 13.0. The molecule has 0 radical (unpaired) electrons. The summed E-state index contributed by atoms with van der Waals surface area (Å²) in [6.45, 7) is 5.70. The first-order valence-corrected chi connectivity index (χ1v) is 12.7. The summed E-state index contributed by atoms with van der Waals surface area (Å²) in [6, 6.07) is 12.6. The van der Waals surface area contributed by atoms with E-state index in [0.717, 1.165) is 37.9 Å². The SMILES string of the molecule is CN(C)[C@]1(c2ccccc2)CC[C@]2(CC1)CC(=O)N(CCC(C)(C)C(=O)NCc1ccncn1)C2. The molecule has 1 aliphatic carbocycles. The van der Waals surface area contributed by atoms with Gasteiger partial charge in [0, 0.05) is 36.7 Å². The number of nitrogens with one attached hydrogen (secondary N) is 1. The zero-order chi connectivity index (χ0) is 25.1. The van der Waals surface area contributed by atoms with Gasteiger partial charge in [-0.25, -0.2) is 9.97 Å². The Hall–Kier alpha value is -2.80. The maximum absolute atomic E-state index is 13.0. The average Bonchev–Trinajstić information content (AvgIpc) is 3.17. The molecule has 1 aromatic heterocycles. The molecule has 2 aliphatic rings. The van der Waals surface area contributed by atoms with Crippen molar-refractivity contribution >= 4 is 11.8 Å². The average molecular weight is 478 g/mol. The molecule has 0 atom stereocenters. The fraction of sp³-hybridized carbons (Fsp3) is 0.571. The molecule has 1 N–H and O–H groups in total. The lowest BCUT2D eigenvalue weighted by atomic mass is 9.64. The summed E-state index contributed by atoms with van der Waals surface area (Å²) in [5.41, 5.74) is 1.68. The van der Waals surface area contributed by atoms with E-state index in [1.54, 1.807) is 12.3 Å². The molecule has 188 valence electrons. The summed E-state index contributed by atoms with van der Waals surface area (Å²) in [5.74, 6) is 0.216. The van der Waals surface area contributed by atoms with Gasteiger partial charge in [0.25, 0.3) is 0 Å². The highest BCUT2D eigenvalue weighted by molar-refractivity contribution is 5.82. The van der Waals surface area contributed by atoms with Crippen LogP contribution in [0.1, 0.15) is 63.6 Å². The Kier molecular flexibility index (Phi) is 7.27. The molecule has 7 heteroatoms. The number of hydrogen-bond donors (Lipinski definition) is 1. The summed E-state index contributed by atoms with van der Waals surface area (Å²) < 4.78 is 0. The lowest BCUT2D eigenvalue weighted by molar-refractivity contribution is -0.132. The zero-order valence-electron chi connectivity index (χ0n) is 21.6. The summed E-state index contributed by atoms with van der Waals surface area (Å²) in [6.07, 6.45) is 8.62. The summed E-state index contributed by atoms with van der Waals surface area (Å²) in [5, 5.41) is 2.98. The summed E-state index contributed by atoms with van der Waals surface area (Å²) in [7, 11) is 4.35. The number of benzene rings is 1. The fourth-order valence-electron chi connectivity index (χ4n) is 5.82. The van der Waals surface area contributed by atoms with Crippen LogP contribution in [-0.4, -0.2) is 58.8 Å². The Balaban J connectivity index is 1.33. The second-order valence-corrected chi connectivity index (χ2v) is 11.3. The molecule has 2 aromatic rings. The number of amides is 2. The van der Waals surface area contributed by atoms with Gasteiger partial charge >= 0.3 is 0 Å². The molecule has 1 saturated heterocycles. The summed E-state index contributed by atoms with van der Waals surface area (Å²) in [4.78, 5) is 38.3. The van der Waals surface area contributed by atoms with Crippen LogP contribution in [0.15, 0.2) is 48.9 Å². The van der Waals surface area contributed by atoms with Gasteiger partial charge in [0.2, 0.25) is 11.8 Å². The van der Waals surface area contributed by atoms with Crippen LogP contribution in [0.2, 0.25) is 0 Å². The van der Waals surface area contributed by atoms with Gasteiger partial charge in [-0.2, -0.15) is 0 Å². The smallest absolute Gasteiger partial charge is 0.226 e.